The van der Waals surface area contributed by atoms with Crippen LogP contribution in [0.3, 0.4) is 0 Å². The number of methoxy groups -OCH3 is 1. The highest BCUT2D eigenvalue weighted by Gasteiger charge is 2.22. The number of hydrogen-bond donors (Lipinski definition) is 5. The molecule has 0 radical (unpaired) electrons. The summed E-state index contributed by atoms with van der Waals surface area (Å²) in [4.78, 5) is 46.4. The second-order valence-electron chi connectivity index (χ2n) is 8.37. The molecule has 2 aromatic heterocycles. The summed E-state index contributed by atoms with van der Waals surface area (Å²) >= 11 is 0. The molecule has 2 aromatic carbocycles. The molecule has 11 nitrogen and oxygen atoms in total. The van der Waals surface area contributed by atoms with Crippen molar-refractivity contribution in [1.82, 2.24) is 25.6 Å². The van der Waals surface area contributed by atoms with E-state index in [2.05, 4.69) is 25.6 Å². The zero-order chi connectivity index (χ0) is 27.2. The third-order valence-corrected chi connectivity index (χ3v) is 5.93. The first kappa shape index (κ1) is 26.2. The van der Waals surface area contributed by atoms with Gasteiger partial charge < -0.3 is 31.2 Å². The van der Waals surface area contributed by atoms with E-state index in [1.165, 1.54) is 43.5 Å². The number of halogens is 1. The van der Waals surface area contributed by atoms with Crippen molar-refractivity contribution < 1.29 is 28.6 Å². The van der Waals surface area contributed by atoms with Gasteiger partial charge in [0.25, 0.3) is 5.91 Å². The molecule has 4 aromatic rings. The van der Waals surface area contributed by atoms with Crippen LogP contribution in [0.2, 0.25) is 0 Å². The number of primary amides is 1. The average Bonchev–Trinajstić information content (AvgIpc) is 3.61. The molecule has 1 fully saturated rings. The van der Waals surface area contributed by atoms with Gasteiger partial charge in [-0.3, -0.25) is 14.4 Å². The number of aromatic nitrogens is 3. The number of phenols is 1. The van der Waals surface area contributed by atoms with E-state index in [0.29, 0.717) is 16.7 Å². The first-order valence-corrected chi connectivity index (χ1v) is 11.6. The van der Waals surface area contributed by atoms with Crippen molar-refractivity contribution in [3.05, 3.63) is 83.1 Å². The van der Waals surface area contributed by atoms with Crippen molar-refractivity contribution in [2.75, 3.05) is 20.2 Å². The molecule has 5 rings (SSSR count). The fourth-order valence-electron chi connectivity index (χ4n) is 3.93. The Morgan fingerprint density at radius 3 is 2.50 bits per heavy atom. The summed E-state index contributed by atoms with van der Waals surface area (Å²) in [5, 5.41) is 15.9. The lowest BCUT2D eigenvalue weighted by Crippen LogP contribution is -2.36. The van der Waals surface area contributed by atoms with Gasteiger partial charge in [-0.2, -0.15) is 0 Å². The predicted octanol–water partition coefficient (Wildman–Crippen LogP) is 1.92. The minimum absolute atomic E-state index is 0.0737. The molecule has 0 spiro atoms. The number of rotatable bonds is 6. The quantitative estimate of drug-likeness (QED) is 0.240. The van der Waals surface area contributed by atoms with E-state index in [1.54, 1.807) is 18.6 Å². The Bertz CT molecular complexity index is 1480. The Labute approximate surface area is 216 Å². The summed E-state index contributed by atoms with van der Waals surface area (Å²) in [6, 6.07) is 9.69. The largest absolute Gasteiger partial charge is 0.507 e. The molecule has 1 atom stereocenters. The van der Waals surface area contributed by atoms with Crippen molar-refractivity contribution in [2.24, 2.45) is 5.73 Å². The number of amides is 2. The first-order valence-electron chi connectivity index (χ1n) is 11.6. The SMILES string of the molecule is COc1ccc(O)c(C(=O)c2ccc(C(N)=O)cc2)c1F.O=C(N[C@H]1CCNC1)c1ccnc2nc[nH]c12. The van der Waals surface area contributed by atoms with Crippen molar-refractivity contribution in [3.8, 4) is 11.5 Å². The van der Waals surface area contributed by atoms with Gasteiger partial charge in [0.2, 0.25) is 5.91 Å². The van der Waals surface area contributed by atoms with Gasteiger partial charge in [-0.05, 0) is 43.3 Å². The minimum atomic E-state index is -0.943. The molecule has 0 saturated carbocycles. The van der Waals surface area contributed by atoms with Crippen LogP contribution in [0.1, 0.15) is 43.1 Å². The number of nitrogens with one attached hydrogen (secondary N) is 3. The summed E-state index contributed by atoms with van der Waals surface area (Å²) in [5.74, 6) is -3.01. The van der Waals surface area contributed by atoms with Gasteiger partial charge in [-0.15, -0.1) is 0 Å². The van der Waals surface area contributed by atoms with Crippen LogP contribution in [0.15, 0.2) is 55.0 Å². The maximum Gasteiger partial charge on any atom is 0.253 e. The molecule has 2 amide bonds. The summed E-state index contributed by atoms with van der Waals surface area (Å²) in [7, 11) is 1.26. The number of carbonyl (C=O) groups excluding carboxylic acids is 3. The van der Waals surface area contributed by atoms with Gasteiger partial charge in [0, 0.05) is 29.9 Å². The van der Waals surface area contributed by atoms with Crippen LogP contribution in [-0.2, 0) is 0 Å². The first-order chi connectivity index (χ1) is 18.3. The molecule has 1 saturated heterocycles. The molecule has 6 N–H and O–H groups in total. The van der Waals surface area contributed by atoms with E-state index < -0.39 is 28.8 Å². The Hall–Kier alpha value is -4.84. The van der Waals surface area contributed by atoms with Crippen LogP contribution in [0, 0.1) is 5.82 Å². The van der Waals surface area contributed by atoms with E-state index in [-0.39, 0.29) is 28.8 Å². The number of ketones is 1. The molecule has 12 heteroatoms. The van der Waals surface area contributed by atoms with Crippen molar-refractivity contribution in [3.63, 3.8) is 0 Å². The number of benzene rings is 2. The molecule has 0 aliphatic carbocycles. The number of nitrogens with zero attached hydrogens (tertiary/aromatic N) is 2. The van der Waals surface area contributed by atoms with E-state index in [9.17, 15) is 23.9 Å². The molecule has 0 unspecified atom stereocenters. The van der Waals surface area contributed by atoms with Crippen molar-refractivity contribution in [2.45, 2.75) is 12.5 Å². The lowest BCUT2D eigenvalue weighted by atomic mass is 10.00. The number of carbonyl (C=O) groups is 3. The number of fused-ring (bicyclic) bond motifs is 1. The van der Waals surface area contributed by atoms with Crippen LogP contribution in [0.4, 0.5) is 4.39 Å². The van der Waals surface area contributed by atoms with E-state index >= 15 is 0 Å². The van der Waals surface area contributed by atoms with Gasteiger partial charge in [0.05, 0.1) is 24.5 Å². The maximum atomic E-state index is 14.1. The lowest BCUT2D eigenvalue weighted by Gasteiger charge is -2.11. The molecule has 196 valence electrons. The number of pyridine rings is 1. The van der Waals surface area contributed by atoms with Gasteiger partial charge in [-0.25, -0.2) is 14.4 Å². The monoisotopic (exact) mass is 520 g/mol. The molecule has 3 heterocycles. The maximum absolute atomic E-state index is 14.1. The van der Waals surface area contributed by atoms with Crippen LogP contribution >= 0.6 is 0 Å². The summed E-state index contributed by atoms with van der Waals surface area (Å²) in [6.45, 7) is 1.80. The summed E-state index contributed by atoms with van der Waals surface area (Å²) in [5.41, 5.74) is 6.81. The standard InChI is InChI=1S/C15H12FNO4.C11H13N5O/c1-21-11-7-6-10(18)12(13(11)16)14(19)8-2-4-9(5-3-8)15(17)20;17-11(16-7-1-3-12-5-7)8-2-4-13-10-9(8)14-6-15-10/h2-7,18H,1H3,(H2,17,20);2,4,6-7,12H,1,3,5H2,(H,16,17)(H,13,14,15)/t;7-/m.0/s1. The minimum Gasteiger partial charge on any atom is -0.507 e. The van der Waals surface area contributed by atoms with Crippen LogP contribution in [-0.4, -0.2) is 63.9 Å². The van der Waals surface area contributed by atoms with Crippen molar-refractivity contribution in [1.29, 1.82) is 0 Å². The Morgan fingerprint density at radius 1 is 1.11 bits per heavy atom. The van der Waals surface area contributed by atoms with E-state index in [0.717, 1.165) is 19.5 Å². The fraction of sp³-hybridized carbons (Fsp3) is 0.192. The molecular weight excluding hydrogens is 495 g/mol. The smallest absolute Gasteiger partial charge is 0.253 e. The lowest BCUT2D eigenvalue weighted by molar-refractivity contribution is 0.0939. The Morgan fingerprint density at radius 2 is 1.84 bits per heavy atom. The van der Waals surface area contributed by atoms with Gasteiger partial charge in [0.15, 0.2) is 23.0 Å². The number of hydrogen-bond acceptors (Lipinski definition) is 8. The molecule has 38 heavy (non-hydrogen) atoms. The number of ether oxygens (including phenoxy) is 1. The highest BCUT2D eigenvalue weighted by Crippen LogP contribution is 2.30. The number of aromatic hydroxyl groups is 1. The molecular formula is C26H25FN6O5. The van der Waals surface area contributed by atoms with Crippen molar-refractivity contribution >= 4 is 28.8 Å². The Kier molecular flexibility index (Phi) is 7.92. The zero-order valence-electron chi connectivity index (χ0n) is 20.3. The van der Waals surface area contributed by atoms with Crippen LogP contribution in [0.5, 0.6) is 11.5 Å². The summed E-state index contributed by atoms with van der Waals surface area (Å²) < 4.78 is 18.9. The van der Waals surface area contributed by atoms with Gasteiger partial charge in [0.1, 0.15) is 11.3 Å². The fourth-order valence-corrected chi connectivity index (χ4v) is 3.93. The number of nitrogens with two attached hydrogens (primary N) is 1. The average molecular weight is 521 g/mol. The number of phenolic OH excluding ortho intramolecular Hbond substituents is 1. The van der Waals surface area contributed by atoms with Crippen LogP contribution < -0.4 is 21.1 Å². The molecule has 0 bridgehead atoms. The van der Waals surface area contributed by atoms with Crippen LogP contribution in [0.25, 0.3) is 11.2 Å². The third kappa shape index (κ3) is 5.60. The second-order valence-corrected chi connectivity index (χ2v) is 8.37. The normalized spacial score (nSPS) is 14.4. The zero-order valence-corrected chi connectivity index (χ0v) is 20.3. The summed E-state index contributed by atoms with van der Waals surface area (Å²) in [6.07, 6.45) is 4.12. The number of imidazole rings is 1. The highest BCUT2D eigenvalue weighted by molar-refractivity contribution is 6.11. The topological polar surface area (TPSA) is 172 Å². The van der Waals surface area contributed by atoms with Gasteiger partial charge in [-0.1, -0.05) is 12.1 Å². The van der Waals surface area contributed by atoms with Gasteiger partial charge >= 0.3 is 0 Å². The Balaban J connectivity index is 0.000000180. The predicted molar refractivity (Wildman–Crippen MR) is 136 cm³/mol. The molecule has 1 aliphatic heterocycles. The highest BCUT2D eigenvalue weighted by atomic mass is 19.1. The number of H-pyrrole nitrogens is 1. The molecule has 1 aliphatic rings. The third-order valence-electron chi connectivity index (χ3n) is 5.93. The van der Waals surface area contributed by atoms with E-state index in [1.807, 2.05) is 0 Å². The van der Waals surface area contributed by atoms with E-state index in [4.69, 9.17) is 10.5 Å². The number of aromatic amines is 1. The second kappa shape index (κ2) is 11.5.